The average molecular weight is 523 g/mol. The van der Waals surface area contributed by atoms with Gasteiger partial charge in [-0.25, -0.2) is 8.42 Å². The number of rotatable bonds is 10. The molecule has 0 heterocycles. The monoisotopic (exact) mass is 522 g/mol. The third-order valence-corrected chi connectivity index (χ3v) is 6.79. The Morgan fingerprint density at radius 3 is 2.29 bits per heavy atom. The van der Waals surface area contributed by atoms with Gasteiger partial charge in [0.05, 0.1) is 42.2 Å². The highest BCUT2D eigenvalue weighted by Gasteiger charge is 2.21. The van der Waals surface area contributed by atoms with E-state index in [1.54, 1.807) is 61.7 Å². The number of sulfonamides is 1. The summed E-state index contributed by atoms with van der Waals surface area (Å²) in [5.41, 5.74) is 1.40. The van der Waals surface area contributed by atoms with E-state index in [1.165, 1.54) is 4.31 Å². The molecule has 0 saturated carbocycles. The van der Waals surface area contributed by atoms with Crippen molar-refractivity contribution in [1.82, 2.24) is 5.32 Å². The normalized spacial score (nSPS) is 11.1. The molecule has 10 heteroatoms. The highest BCUT2D eigenvalue weighted by atomic mass is 35.5. The summed E-state index contributed by atoms with van der Waals surface area (Å²) in [4.78, 5) is 12.4. The zero-order valence-electron chi connectivity index (χ0n) is 18.6. The molecule has 0 radical (unpaired) electrons. The zero-order chi connectivity index (χ0) is 24.7. The van der Waals surface area contributed by atoms with Crippen molar-refractivity contribution in [2.45, 2.75) is 6.54 Å². The number of carbonyl (C=O) groups excluding carboxylic acids is 1. The van der Waals surface area contributed by atoms with Gasteiger partial charge in [-0.1, -0.05) is 53.5 Å². The fourth-order valence-corrected chi connectivity index (χ4v) is 4.50. The van der Waals surface area contributed by atoms with Crippen LogP contribution < -0.4 is 19.1 Å². The molecule has 3 aromatic carbocycles. The molecule has 1 amide bonds. The van der Waals surface area contributed by atoms with E-state index in [1.807, 2.05) is 12.1 Å². The Hall–Kier alpha value is -2.94. The number of amides is 1. The highest BCUT2D eigenvalue weighted by Crippen LogP contribution is 2.34. The van der Waals surface area contributed by atoms with Gasteiger partial charge in [-0.05, 0) is 42.0 Å². The van der Waals surface area contributed by atoms with E-state index in [0.29, 0.717) is 29.2 Å². The van der Waals surface area contributed by atoms with Gasteiger partial charge in [0, 0.05) is 5.56 Å². The van der Waals surface area contributed by atoms with Gasteiger partial charge in [0.15, 0.2) is 11.5 Å². The van der Waals surface area contributed by atoms with Crippen LogP contribution in [0.15, 0.2) is 66.7 Å². The van der Waals surface area contributed by atoms with E-state index in [4.69, 9.17) is 32.7 Å². The molecule has 3 aromatic rings. The number of hydrogen-bond acceptors (Lipinski definition) is 5. The molecular formula is C24H24Cl2N2O5S. The lowest BCUT2D eigenvalue weighted by atomic mass is 10.1. The SMILES string of the molecule is COc1ccccc1OCCNC(=O)c1ccc(CN(c2cccc(Cl)c2Cl)S(C)(=O)=O)cc1. The summed E-state index contributed by atoms with van der Waals surface area (Å²) in [6, 6.07) is 18.7. The number of anilines is 1. The number of methoxy groups -OCH3 is 1. The van der Waals surface area contributed by atoms with Crippen LogP contribution in [0, 0.1) is 0 Å². The summed E-state index contributed by atoms with van der Waals surface area (Å²) >= 11 is 12.3. The van der Waals surface area contributed by atoms with Gasteiger partial charge in [0.2, 0.25) is 10.0 Å². The van der Waals surface area contributed by atoms with Crippen molar-refractivity contribution in [3.63, 3.8) is 0 Å². The Kier molecular flexibility index (Phi) is 8.66. The Balaban J connectivity index is 1.61. The van der Waals surface area contributed by atoms with Crippen LogP contribution in [-0.4, -0.2) is 40.8 Å². The Morgan fingerprint density at radius 2 is 1.65 bits per heavy atom. The van der Waals surface area contributed by atoms with E-state index >= 15 is 0 Å². The van der Waals surface area contributed by atoms with E-state index in [-0.39, 0.29) is 34.8 Å². The first-order valence-corrected chi connectivity index (χ1v) is 12.9. The van der Waals surface area contributed by atoms with Gasteiger partial charge in [-0.15, -0.1) is 0 Å². The molecule has 1 N–H and O–H groups in total. The Bertz CT molecular complexity index is 1250. The molecule has 0 aliphatic carbocycles. The standard InChI is InChI=1S/C24H24Cl2N2O5S/c1-32-21-8-3-4-9-22(21)33-15-14-27-24(29)18-12-10-17(11-13-18)16-28(34(2,30)31)20-7-5-6-19(25)23(20)26/h3-13H,14-16H2,1-2H3,(H,27,29). The maximum atomic E-state index is 12.4. The fraction of sp³-hybridized carbons (Fsp3) is 0.208. The number of halogens is 2. The van der Waals surface area contributed by atoms with Crippen molar-refractivity contribution >= 4 is 44.8 Å². The number of nitrogens with zero attached hydrogens (tertiary/aromatic N) is 1. The first kappa shape index (κ1) is 25.7. The number of para-hydroxylation sites is 2. The van der Waals surface area contributed by atoms with Crippen LogP contribution >= 0.6 is 23.2 Å². The second-order valence-electron chi connectivity index (χ2n) is 7.29. The number of benzene rings is 3. The molecule has 0 aliphatic rings. The summed E-state index contributed by atoms with van der Waals surface area (Å²) in [6.07, 6.45) is 1.10. The first-order chi connectivity index (χ1) is 16.2. The quantitative estimate of drug-likeness (QED) is 0.387. The third-order valence-electron chi connectivity index (χ3n) is 4.86. The molecule has 0 spiro atoms. The molecule has 0 aliphatic heterocycles. The molecule has 0 bridgehead atoms. The molecule has 0 fully saturated rings. The third kappa shape index (κ3) is 6.56. The summed E-state index contributed by atoms with van der Waals surface area (Å²) in [7, 11) is -2.07. The number of ether oxygens (including phenoxy) is 2. The van der Waals surface area contributed by atoms with Crippen molar-refractivity contribution in [1.29, 1.82) is 0 Å². The minimum Gasteiger partial charge on any atom is -0.493 e. The largest absolute Gasteiger partial charge is 0.493 e. The molecular weight excluding hydrogens is 499 g/mol. The lowest BCUT2D eigenvalue weighted by molar-refractivity contribution is 0.0947. The van der Waals surface area contributed by atoms with E-state index < -0.39 is 10.0 Å². The highest BCUT2D eigenvalue weighted by molar-refractivity contribution is 7.92. The summed E-state index contributed by atoms with van der Waals surface area (Å²) in [6.45, 7) is 0.606. The van der Waals surface area contributed by atoms with Crippen molar-refractivity contribution < 1.29 is 22.7 Å². The van der Waals surface area contributed by atoms with Crippen LogP contribution in [0.25, 0.3) is 0 Å². The maximum absolute atomic E-state index is 12.4. The second kappa shape index (κ2) is 11.5. The van der Waals surface area contributed by atoms with Gasteiger partial charge >= 0.3 is 0 Å². The van der Waals surface area contributed by atoms with Crippen LogP contribution in [0.5, 0.6) is 11.5 Å². The molecule has 7 nitrogen and oxygen atoms in total. The predicted molar refractivity (Wildman–Crippen MR) is 135 cm³/mol. The van der Waals surface area contributed by atoms with Crippen LogP contribution in [0.1, 0.15) is 15.9 Å². The van der Waals surface area contributed by atoms with Crippen molar-refractivity contribution in [2.24, 2.45) is 0 Å². The summed E-state index contributed by atoms with van der Waals surface area (Å²) in [5.74, 6) is 0.943. The number of nitrogens with one attached hydrogen (secondary N) is 1. The smallest absolute Gasteiger partial charge is 0.251 e. The second-order valence-corrected chi connectivity index (χ2v) is 9.99. The van der Waals surface area contributed by atoms with Crippen LogP contribution in [0.4, 0.5) is 5.69 Å². The van der Waals surface area contributed by atoms with Gasteiger partial charge in [0.1, 0.15) is 6.61 Å². The van der Waals surface area contributed by atoms with Crippen molar-refractivity contribution in [2.75, 3.05) is 30.8 Å². The van der Waals surface area contributed by atoms with E-state index in [0.717, 1.165) is 6.26 Å². The molecule has 0 aromatic heterocycles. The van der Waals surface area contributed by atoms with Crippen LogP contribution in [0.3, 0.4) is 0 Å². The first-order valence-electron chi connectivity index (χ1n) is 10.3. The molecule has 3 rings (SSSR count). The molecule has 0 unspecified atom stereocenters. The fourth-order valence-electron chi connectivity index (χ4n) is 3.16. The van der Waals surface area contributed by atoms with Gasteiger partial charge in [0.25, 0.3) is 5.91 Å². The average Bonchev–Trinajstić information content (AvgIpc) is 2.82. The Labute approximate surface area is 209 Å². The van der Waals surface area contributed by atoms with Gasteiger partial charge in [-0.2, -0.15) is 0 Å². The summed E-state index contributed by atoms with van der Waals surface area (Å²) < 4.78 is 36.9. The minimum atomic E-state index is -3.64. The van der Waals surface area contributed by atoms with Crippen molar-refractivity contribution in [3.05, 3.63) is 87.9 Å². The topological polar surface area (TPSA) is 84.9 Å². The van der Waals surface area contributed by atoms with Gasteiger partial charge < -0.3 is 14.8 Å². The molecule has 34 heavy (non-hydrogen) atoms. The van der Waals surface area contributed by atoms with E-state index in [2.05, 4.69) is 5.32 Å². The van der Waals surface area contributed by atoms with Crippen LogP contribution in [0.2, 0.25) is 10.0 Å². The maximum Gasteiger partial charge on any atom is 0.251 e. The number of hydrogen-bond donors (Lipinski definition) is 1. The van der Waals surface area contributed by atoms with Crippen molar-refractivity contribution in [3.8, 4) is 11.5 Å². The molecule has 180 valence electrons. The lowest BCUT2D eigenvalue weighted by Gasteiger charge is -2.24. The number of carbonyl (C=O) groups is 1. The zero-order valence-corrected chi connectivity index (χ0v) is 21.0. The van der Waals surface area contributed by atoms with E-state index in [9.17, 15) is 13.2 Å². The minimum absolute atomic E-state index is 0.0353. The van der Waals surface area contributed by atoms with Gasteiger partial charge in [-0.3, -0.25) is 9.10 Å². The summed E-state index contributed by atoms with van der Waals surface area (Å²) in [5, 5.41) is 3.20. The Morgan fingerprint density at radius 1 is 0.971 bits per heavy atom. The lowest BCUT2D eigenvalue weighted by Crippen LogP contribution is -2.30. The molecule has 0 saturated heterocycles. The molecule has 0 atom stereocenters. The van der Waals surface area contributed by atoms with Crippen LogP contribution in [-0.2, 0) is 16.6 Å². The predicted octanol–water partition coefficient (Wildman–Crippen LogP) is 4.78.